The van der Waals surface area contributed by atoms with E-state index >= 15 is 0 Å². The third-order valence-electron chi connectivity index (χ3n) is 5.90. The van der Waals surface area contributed by atoms with Crippen LogP contribution in [0.25, 0.3) is 16.0 Å². The summed E-state index contributed by atoms with van der Waals surface area (Å²) in [6, 6.07) is 5.92. The highest BCUT2D eigenvalue weighted by molar-refractivity contribution is 5.93. The number of fused-ring (bicyclic) bond motifs is 2. The van der Waals surface area contributed by atoms with Gasteiger partial charge in [0.25, 0.3) is 5.91 Å². The van der Waals surface area contributed by atoms with E-state index in [0.29, 0.717) is 24.0 Å². The lowest BCUT2D eigenvalue weighted by Crippen LogP contribution is -2.52. The number of rotatable bonds is 3. The Morgan fingerprint density at radius 1 is 1.19 bits per heavy atom. The molecule has 2 aliphatic rings. The molecule has 0 saturated carbocycles. The number of ether oxygens (including phenoxy) is 1. The van der Waals surface area contributed by atoms with Gasteiger partial charge in [-0.25, -0.2) is 14.0 Å². The van der Waals surface area contributed by atoms with E-state index < -0.39 is 17.5 Å². The summed E-state index contributed by atoms with van der Waals surface area (Å²) in [6.45, 7) is 12.4. The molecule has 32 heavy (non-hydrogen) atoms. The summed E-state index contributed by atoms with van der Waals surface area (Å²) in [5, 5.41) is 2.94. The number of benzene rings is 1. The van der Waals surface area contributed by atoms with E-state index in [1.807, 2.05) is 25.7 Å². The van der Waals surface area contributed by atoms with Crippen LogP contribution in [-0.2, 0) is 4.74 Å². The van der Waals surface area contributed by atoms with Gasteiger partial charge in [-0.1, -0.05) is 12.1 Å². The van der Waals surface area contributed by atoms with Crippen molar-refractivity contribution < 1.29 is 23.1 Å². The molecule has 1 aromatic heterocycles. The third kappa shape index (κ3) is 4.47. The molecule has 1 aromatic carbocycles. The molecule has 2 aromatic rings. The van der Waals surface area contributed by atoms with E-state index in [-0.39, 0.29) is 35.5 Å². The van der Waals surface area contributed by atoms with Gasteiger partial charge in [0.05, 0.1) is 12.8 Å². The minimum Gasteiger partial charge on any atom is -0.459 e. The average molecular weight is 439 g/mol. The van der Waals surface area contributed by atoms with Crippen molar-refractivity contribution in [2.24, 2.45) is 0 Å². The molecule has 7 nitrogen and oxygen atoms in total. The molecule has 1 N–H and O–H groups in total. The van der Waals surface area contributed by atoms with Crippen molar-refractivity contribution in [3.63, 3.8) is 0 Å². The molecule has 2 unspecified atom stereocenters. The van der Waals surface area contributed by atoms with Crippen molar-refractivity contribution >= 4 is 17.7 Å². The second-order valence-corrected chi connectivity index (χ2v) is 9.39. The van der Waals surface area contributed by atoms with E-state index in [1.165, 1.54) is 18.4 Å². The first-order valence-corrected chi connectivity index (χ1v) is 10.7. The Labute approximate surface area is 186 Å². The lowest BCUT2D eigenvalue weighted by molar-refractivity contribution is 0.0407. The van der Waals surface area contributed by atoms with Crippen molar-refractivity contribution in [1.82, 2.24) is 10.2 Å². The van der Waals surface area contributed by atoms with E-state index in [4.69, 9.17) is 15.7 Å². The van der Waals surface area contributed by atoms with Gasteiger partial charge < -0.3 is 19.4 Å². The minimum atomic E-state index is -0.607. The molecule has 2 bridgehead atoms. The Balaban J connectivity index is 1.44. The number of piperidine rings is 1. The average Bonchev–Trinajstić information content (AvgIpc) is 3.29. The Morgan fingerprint density at radius 3 is 2.47 bits per heavy atom. The van der Waals surface area contributed by atoms with Crippen molar-refractivity contribution in [2.75, 3.05) is 0 Å². The molecule has 2 saturated heterocycles. The van der Waals surface area contributed by atoms with E-state index in [1.54, 1.807) is 12.1 Å². The van der Waals surface area contributed by atoms with Gasteiger partial charge >= 0.3 is 6.09 Å². The van der Waals surface area contributed by atoms with Crippen LogP contribution in [0, 0.1) is 12.4 Å². The Bertz CT molecular complexity index is 1070. The van der Waals surface area contributed by atoms with E-state index in [9.17, 15) is 14.0 Å². The second kappa shape index (κ2) is 8.30. The Kier molecular flexibility index (Phi) is 5.68. The fourth-order valence-corrected chi connectivity index (χ4v) is 4.60. The van der Waals surface area contributed by atoms with Crippen molar-refractivity contribution in [1.29, 1.82) is 0 Å². The molecule has 4 rings (SSSR count). The van der Waals surface area contributed by atoms with Gasteiger partial charge in [0.1, 0.15) is 11.4 Å². The van der Waals surface area contributed by atoms with Gasteiger partial charge in [-0.3, -0.25) is 4.79 Å². The molecule has 0 aliphatic carbocycles. The van der Waals surface area contributed by atoms with Crippen LogP contribution in [0.5, 0.6) is 0 Å². The summed E-state index contributed by atoms with van der Waals surface area (Å²) < 4.78 is 24.9. The number of carbonyl (C=O) groups excluding carboxylic acids is 2. The molecule has 0 spiro atoms. The zero-order valence-corrected chi connectivity index (χ0v) is 18.4. The number of nitrogens with one attached hydrogen (secondary N) is 1. The minimum absolute atomic E-state index is 0.0186. The van der Waals surface area contributed by atoms with Gasteiger partial charge in [-0.2, -0.15) is 0 Å². The lowest BCUT2D eigenvalue weighted by Gasteiger charge is -2.38. The predicted molar refractivity (Wildman–Crippen MR) is 116 cm³/mol. The van der Waals surface area contributed by atoms with Gasteiger partial charge in [-0.05, 0) is 64.2 Å². The summed E-state index contributed by atoms with van der Waals surface area (Å²) >= 11 is 0. The molecule has 2 atom stereocenters. The van der Waals surface area contributed by atoms with Crippen molar-refractivity contribution in [3.8, 4) is 11.1 Å². The predicted octanol–water partition coefficient (Wildman–Crippen LogP) is 5.30. The highest BCUT2D eigenvalue weighted by atomic mass is 19.1. The number of nitrogens with zero attached hydrogens (tertiary/aromatic N) is 2. The summed E-state index contributed by atoms with van der Waals surface area (Å²) in [7, 11) is 0. The molecule has 2 aliphatic heterocycles. The number of furan rings is 1. The van der Waals surface area contributed by atoms with Crippen LogP contribution >= 0.6 is 0 Å². The number of hydrogen-bond acceptors (Lipinski definition) is 4. The zero-order valence-electron chi connectivity index (χ0n) is 18.4. The number of carbonyl (C=O) groups is 2. The summed E-state index contributed by atoms with van der Waals surface area (Å²) in [4.78, 5) is 30.3. The topological polar surface area (TPSA) is 76.1 Å². The first-order chi connectivity index (χ1) is 15.1. The molecular weight excluding hydrogens is 413 g/mol. The first-order valence-electron chi connectivity index (χ1n) is 10.7. The zero-order chi connectivity index (χ0) is 23.0. The van der Waals surface area contributed by atoms with Crippen LogP contribution in [0.15, 0.2) is 34.9 Å². The number of halogens is 1. The second-order valence-electron chi connectivity index (χ2n) is 9.39. The van der Waals surface area contributed by atoms with Crippen LogP contribution in [0.3, 0.4) is 0 Å². The summed E-state index contributed by atoms with van der Waals surface area (Å²) in [6.07, 6.45) is 4.07. The summed E-state index contributed by atoms with van der Waals surface area (Å²) in [5.74, 6) is -0.605. The monoisotopic (exact) mass is 439 g/mol. The van der Waals surface area contributed by atoms with Crippen LogP contribution in [0.4, 0.5) is 14.9 Å². The number of hydrogen-bond donors (Lipinski definition) is 1. The van der Waals surface area contributed by atoms with Crippen molar-refractivity contribution in [2.45, 2.75) is 70.2 Å². The first kappa shape index (κ1) is 21.9. The third-order valence-corrected chi connectivity index (χ3v) is 5.90. The molecule has 168 valence electrons. The van der Waals surface area contributed by atoms with Crippen molar-refractivity contribution in [3.05, 3.63) is 53.5 Å². The number of amides is 2. The van der Waals surface area contributed by atoms with E-state index in [2.05, 4.69) is 10.2 Å². The maximum atomic E-state index is 14.0. The normalized spacial score (nSPS) is 22.3. The van der Waals surface area contributed by atoms with Crippen LogP contribution in [0.2, 0.25) is 0 Å². The SMILES string of the molecule is [C-]#[N+]c1ccc(-c2coc(C(=O)N3C4CCC3CC(NC(=O)OC(C)(C)C)C4)c2)cc1F. The van der Waals surface area contributed by atoms with Crippen LogP contribution in [0.1, 0.15) is 57.0 Å². The van der Waals surface area contributed by atoms with E-state index in [0.717, 1.165) is 12.8 Å². The van der Waals surface area contributed by atoms with Gasteiger partial charge in [0.2, 0.25) is 5.69 Å². The molecule has 0 radical (unpaired) electrons. The number of alkyl carbamates (subject to hydrolysis) is 1. The van der Waals surface area contributed by atoms with Gasteiger partial charge in [-0.15, -0.1) is 0 Å². The molecule has 3 heterocycles. The molecular formula is C24H26FN3O4. The maximum absolute atomic E-state index is 14.0. The summed E-state index contributed by atoms with van der Waals surface area (Å²) in [5.41, 5.74) is 0.516. The lowest BCUT2D eigenvalue weighted by atomic mass is 9.97. The van der Waals surface area contributed by atoms with Crippen LogP contribution < -0.4 is 5.32 Å². The fourth-order valence-electron chi connectivity index (χ4n) is 4.60. The fraction of sp³-hybridized carbons (Fsp3) is 0.458. The maximum Gasteiger partial charge on any atom is 0.407 e. The quantitative estimate of drug-likeness (QED) is 0.659. The highest BCUT2D eigenvalue weighted by Crippen LogP contribution is 2.37. The standard InChI is InChI=1S/C24H26FN3O4/c1-24(2,3)32-23(30)27-16-11-17-6-7-18(12-16)28(17)22(29)21-10-15(13-31-21)14-5-8-20(26-4)19(25)9-14/h5,8-10,13,16-18H,6-7,11-12H2,1-3H3,(H,27,30). The van der Waals surface area contributed by atoms with Gasteiger partial charge in [0, 0.05) is 23.7 Å². The Hall–Kier alpha value is -3.34. The van der Waals surface area contributed by atoms with Crippen LogP contribution in [-0.4, -0.2) is 40.6 Å². The molecule has 2 fully saturated rings. The Morgan fingerprint density at radius 2 is 1.88 bits per heavy atom. The largest absolute Gasteiger partial charge is 0.459 e. The van der Waals surface area contributed by atoms with Gasteiger partial charge in [0.15, 0.2) is 5.76 Å². The molecule has 2 amide bonds. The molecule has 8 heteroatoms. The highest BCUT2D eigenvalue weighted by Gasteiger charge is 2.44. The smallest absolute Gasteiger partial charge is 0.407 e.